The summed E-state index contributed by atoms with van der Waals surface area (Å²) in [6.07, 6.45) is 0. The summed E-state index contributed by atoms with van der Waals surface area (Å²) in [5.41, 5.74) is 1.04. The lowest BCUT2D eigenvalue weighted by atomic mass is 10.2. The lowest BCUT2D eigenvalue weighted by molar-refractivity contribution is 0.0697. The van der Waals surface area contributed by atoms with E-state index in [2.05, 4.69) is 15.3 Å². The Morgan fingerprint density at radius 3 is 2.70 bits per heavy atom. The van der Waals surface area contributed by atoms with Crippen molar-refractivity contribution in [2.24, 2.45) is 0 Å². The van der Waals surface area contributed by atoms with Crippen molar-refractivity contribution >= 4 is 23.0 Å². The molecule has 1 aromatic heterocycles. The molecule has 0 amide bonds. The molecule has 2 aromatic carbocycles. The van der Waals surface area contributed by atoms with Gasteiger partial charge in [-0.15, -0.1) is 0 Å². The van der Waals surface area contributed by atoms with Crippen LogP contribution in [0.2, 0.25) is 0 Å². The first-order valence-electron chi connectivity index (χ1n) is 6.55. The first-order valence-corrected chi connectivity index (χ1v) is 6.55. The molecule has 5 nitrogen and oxygen atoms in total. The summed E-state index contributed by atoms with van der Waals surface area (Å²) in [6.45, 7) is -0.116. The second-order valence-electron chi connectivity index (χ2n) is 4.81. The Balaban J connectivity index is 1.82. The number of benzene rings is 2. The van der Waals surface area contributed by atoms with Crippen LogP contribution in [0.15, 0.2) is 30.3 Å². The number of aromatic nitrogens is 2. The number of hydrogen-bond donors (Lipinski definition) is 3. The number of aromatic amines is 1. The molecule has 3 N–H and O–H groups in total. The Labute approximate surface area is 127 Å². The van der Waals surface area contributed by atoms with Gasteiger partial charge in [0, 0.05) is 12.1 Å². The SMILES string of the molecule is O=C(O)c1ccc2nc(NCc3ccc(F)c(F)c3F)[nH]c2c1. The van der Waals surface area contributed by atoms with Gasteiger partial charge >= 0.3 is 5.97 Å². The van der Waals surface area contributed by atoms with E-state index in [1.54, 1.807) is 0 Å². The van der Waals surface area contributed by atoms with Crippen molar-refractivity contribution in [3.05, 3.63) is 58.9 Å². The van der Waals surface area contributed by atoms with Crippen LogP contribution in [0.1, 0.15) is 15.9 Å². The summed E-state index contributed by atoms with van der Waals surface area (Å²) in [4.78, 5) is 17.9. The number of anilines is 1. The van der Waals surface area contributed by atoms with E-state index in [1.807, 2.05) is 0 Å². The van der Waals surface area contributed by atoms with Crippen molar-refractivity contribution in [1.29, 1.82) is 0 Å². The summed E-state index contributed by atoms with van der Waals surface area (Å²) >= 11 is 0. The molecule has 0 bridgehead atoms. The van der Waals surface area contributed by atoms with Crippen LogP contribution in [-0.2, 0) is 6.54 Å². The van der Waals surface area contributed by atoms with Gasteiger partial charge < -0.3 is 15.4 Å². The summed E-state index contributed by atoms with van der Waals surface area (Å²) in [5, 5.41) is 11.7. The Bertz CT molecular complexity index is 908. The predicted octanol–water partition coefficient (Wildman–Crippen LogP) is 3.29. The van der Waals surface area contributed by atoms with Gasteiger partial charge in [-0.1, -0.05) is 6.07 Å². The number of hydrogen-bond acceptors (Lipinski definition) is 3. The average Bonchev–Trinajstić information content (AvgIpc) is 2.93. The third-order valence-corrected chi connectivity index (χ3v) is 3.29. The van der Waals surface area contributed by atoms with Crippen molar-refractivity contribution in [2.75, 3.05) is 5.32 Å². The monoisotopic (exact) mass is 321 g/mol. The fourth-order valence-electron chi connectivity index (χ4n) is 2.11. The van der Waals surface area contributed by atoms with Gasteiger partial charge in [-0.2, -0.15) is 0 Å². The summed E-state index contributed by atoms with van der Waals surface area (Å²) in [6, 6.07) is 6.32. The van der Waals surface area contributed by atoms with Crippen LogP contribution in [0, 0.1) is 17.5 Å². The molecule has 0 aliphatic carbocycles. The number of halogens is 3. The first-order chi connectivity index (χ1) is 11.0. The number of aromatic carboxylic acids is 1. The van der Waals surface area contributed by atoms with Gasteiger partial charge in [0.15, 0.2) is 17.5 Å². The van der Waals surface area contributed by atoms with Crippen molar-refractivity contribution < 1.29 is 23.1 Å². The number of nitrogens with zero attached hydrogens (tertiary/aromatic N) is 1. The maximum absolute atomic E-state index is 13.6. The molecule has 3 aromatic rings. The van der Waals surface area contributed by atoms with Crippen molar-refractivity contribution in [1.82, 2.24) is 9.97 Å². The van der Waals surface area contributed by atoms with Crippen LogP contribution in [0.5, 0.6) is 0 Å². The third-order valence-electron chi connectivity index (χ3n) is 3.29. The zero-order valence-electron chi connectivity index (χ0n) is 11.5. The second kappa shape index (κ2) is 5.64. The Morgan fingerprint density at radius 1 is 1.17 bits per heavy atom. The number of fused-ring (bicyclic) bond motifs is 1. The quantitative estimate of drug-likeness (QED) is 0.644. The average molecular weight is 321 g/mol. The van der Waals surface area contributed by atoms with Crippen LogP contribution >= 0.6 is 0 Å². The molecular weight excluding hydrogens is 311 g/mol. The van der Waals surface area contributed by atoms with Crippen molar-refractivity contribution in [3.8, 4) is 0 Å². The minimum absolute atomic E-state index is 0.0596. The topological polar surface area (TPSA) is 78.0 Å². The van der Waals surface area contributed by atoms with Gasteiger partial charge in [0.1, 0.15) is 0 Å². The van der Waals surface area contributed by atoms with Gasteiger partial charge in [-0.3, -0.25) is 0 Å². The van der Waals surface area contributed by atoms with Gasteiger partial charge in [0.25, 0.3) is 0 Å². The van der Waals surface area contributed by atoms with E-state index in [4.69, 9.17) is 5.11 Å². The van der Waals surface area contributed by atoms with E-state index in [9.17, 15) is 18.0 Å². The van der Waals surface area contributed by atoms with Crippen molar-refractivity contribution in [2.45, 2.75) is 6.54 Å². The lowest BCUT2D eigenvalue weighted by Crippen LogP contribution is -2.05. The molecule has 0 aliphatic heterocycles. The largest absolute Gasteiger partial charge is 0.478 e. The Morgan fingerprint density at radius 2 is 1.96 bits per heavy atom. The van der Waals surface area contributed by atoms with E-state index in [-0.39, 0.29) is 23.6 Å². The van der Waals surface area contributed by atoms with Crippen molar-refractivity contribution in [3.63, 3.8) is 0 Å². The number of H-pyrrole nitrogens is 1. The van der Waals surface area contributed by atoms with Crippen LogP contribution in [0.4, 0.5) is 19.1 Å². The highest BCUT2D eigenvalue weighted by Gasteiger charge is 2.13. The van der Waals surface area contributed by atoms with E-state index in [0.717, 1.165) is 12.1 Å². The highest BCUT2D eigenvalue weighted by atomic mass is 19.2. The third kappa shape index (κ3) is 2.83. The van der Waals surface area contributed by atoms with Crippen LogP contribution in [-0.4, -0.2) is 21.0 Å². The molecule has 0 radical (unpaired) electrons. The van der Waals surface area contributed by atoms with E-state index in [1.165, 1.54) is 18.2 Å². The van der Waals surface area contributed by atoms with Gasteiger partial charge in [-0.25, -0.2) is 22.9 Å². The number of nitrogens with one attached hydrogen (secondary N) is 2. The second-order valence-corrected chi connectivity index (χ2v) is 4.81. The van der Waals surface area contributed by atoms with Gasteiger partial charge in [0.05, 0.1) is 16.6 Å². The highest BCUT2D eigenvalue weighted by Crippen LogP contribution is 2.19. The van der Waals surface area contributed by atoms with Gasteiger partial charge in [0.2, 0.25) is 5.95 Å². The smallest absolute Gasteiger partial charge is 0.335 e. The molecule has 0 spiro atoms. The number of rotatable bonds is 4. The Kier molecular flexibility index (Phi) is 3.65. The normalized spacial score (nSPS) is 10.9. The number of carboxylic acid groups (broad SMARTS) is 1. The molecule has 8 heteroatoms. The molecule has 118 valence electrons. The molecule has 0 unspecified atom stereocenters. The van der Waals surface area contributed by atoms with E-state index < -0.39 is 23.4 Å². The molecule has 3 rings (SSSR count). The molecule has 23 heavy (non-hydrogen) atoms. The fraction of sp³-hybridized carbons (Fsp3) is 0.0667. The maximum Gasteiger partial charge on any atom is 0.335 e. The Hall–Kier alpha value is -3.03. The van der Waals surface area contributed by atoms with E-state index in [0.29, 0.717) is 11.0 Å². The minimum atomic E-state index is -1.53. The van der Waals surface area contributed by atoms with Crippen LogP contribution < -0.4 is 5.32 Å². The zero-order valence-corrected chi connectivity index (χ0v) is 11.5. The summed E-state index contributed by atoms with van der Waals surface area (Å²) in [5.74, 6) is -4.86. The molecular formula is C15H10F3N3O2. The molecule has 0 saturated carbocycles. The number of imidazole rings is 1. The van der Waals surface area contributed by atoms with E-state index >= 15 is 0 Å². The first kappa shape index (κ1) is 14.9. The predicted molar refractivity (Wildman–Crippen MR) is 76.7 cm³/mol. The van der Waals surface area contributed by atoms with Gasteiger partial charge in [-0.05, 0) is 24.3 Å². The molecule has 1 heterocycles. The standard InChI is InChI=1S/C15H10F3N3O2/c16-9-3-1-8(12(17)13(9)18)6-19-15-20-10-4-2-7(14(22)23)5-11(10)21-15/h1-5H,6H2,(H,22,23)(H2,19,20,21). The highest BCUT2D eigenvalue weighted by molar-refractivity contribution is 5.92. The fourth-order valence-corrected chi connectivity index (χ4v) is 2.11. The zero-order chi connectivity index (χ0) is 16.6. The van der Waals surface area contributed by atoms with Crippen LogP contribution in [0.3, 0.4) is 0 Å². The molecule has 0 saturated heterocycles. The summed E-state index contributed by atoms with van der Waals surface area (Å²) in [7, 11) is 0. The molecule has 0 atom stereocenters. The molecule has 0 aliphatic rings. The number of carbonyl (C=O) groups is 1. The number of carboxylic acids is 1. The van der Waals surface area contributed by atoms with Crippen LogP contribution in [0.25, 0.3) is 11.0 Å². The lowest BCUT2D eigenvalue weighted by Gasteiger charge is -2.05. The minimum Gasteiger partial charge on any atom is -0.478 e. The molecule has 0 fully saturated rings. The maximum atomic E-state index is 13.6. The summed E-state index contributed by atoms with van der Waals surface area (Å²) < 4.78 is 39.6.